The highest BCUT2D eigenvalue weighted by atomic mass is 32.1. The van der Waals surface area contributed by atoms with Gasteiger partial charge in [-0.2, -0.15) is 0 Å². The highest BCUT2D eigenvalue weighted by molar-refractivity contribution is 7.10. The molecule has 0 aromatic carbocycles. The van der Waals surface area contributed by atoms with Crippen LogP contribution in [0.2, 0.25) is 0 Å². The molecular formula is C9H6N4S. The van der Waals surface area contributed by atoms with Crippen molar-refractivity contribution in [1.29, 1.82) is 0 Å². The lowest BCUT2D eigenvalue weighted by atomic mass is 10.3. The van der Waals surface area contributed by atoms with Crippen LogP contribution in [0, 0.1) is 0 Å². The predicted molar refractivity (Wildman–Crippen MR) is 57.9 cm³/mol. The average Bonchev–Trinajstić information content (AvgIpc) is 2.85. The molecule has 2 rings (SSSR count). The molecule has 14 heavy (non-hydrogen) atoms. The summed E-state index contributed by atoms with van der Waals surface area (Å²) in [5.41, 5.74) is 9.13. The molecule has 0 bridgehead atoms. The summed E-state index contributed by atoms with van der Waals surface area (Å²) in [5.74, 6) is 0.248. The van der Waals surface area contributed by atoms with Crippen LogP contribution < -0.4 is 0 Å². The topological polar surface area (TPSA) is 61.1 Å². The van der Waals surface area contributed by atoms with Crippen LogP contribution >= 0.6 is 11.3 Å². The van der Waals surface area contributed by atoms with E-state index < -0.39 is 0 Å². The van der Waals surface area contributed by atoms with Crippen LogP contribution in [0.25, 0.3) is 11.6 Å². The minimum Gasteiger partial charge on any atom is -0.497 e. The second-order valence-corrected chi connectivity index (χ2v) is 3.51. The van der Waals surface area contributed by atoms with Crippen LogP contribution in [-0.4, -0.2) is 22.7 Å². The van der Waals surface area contributed by atoms with E-state index in [4.69, 9.17) is 5.53 Å². The van der Waals surface area contributed by atoms with E-state index in [-0.39, 0.29) is 5.84 Å². The number of amidine groups is 1. The van der Waals surface area contributed by atoms with Gasteiger partial charge >= 0.3 is 5.84 Å². The molecule has 0 saturated carbocycles. The molecule has 4 nitrogen and oxygen atoms in total. The third kappa shape index (κ3) is 1.74. The number of hydrogen-bond donors (Lipinski definition) is 0. The van der Waals surface area contributed by atoms with E-state index in [1.54, 1.807) is 17.4 Å². The van der Waals surface area contributed by atoms with Gasteiger partial charge in [0.1, 0.15) is 0 Å². The molecule has 1 aromatic rings. The smallest absolute Gasteiger partial charge is 0.428 e. The first-order valence-corrected chi connectivity index (χ1v) is 4.82. The lowest BCUT2D eigenvalue weighted by Crippen LogP contribution is -2.04. The van der Waals surface area contributed by atoms with E-state index in [9.17, 15) is 0 Å². The first-order chi connectivity index (χ1) is 6.90. The van der Waals surface area contributed by atoms with Gasteiger partial charge in [0.2, 0.25) is 6.34 Å². The molecule has 0 atom stereocenters. The van der Waals surface area contributed by atoms with E-state index in [1.165, 1.54) is 6.34 Å². The Hall–Kier alpha value is -1.84. The number of aliphatic imine (C=N–C) groups is 2. The van der Waals surface area contributed by atoms with E-state index in [0.29, 0.717) is 5.71 Å². The quantitative estimate of drug-likeness (QED) is 0.519. The van der Waals surface area contributed by atoms with Gasteiger partial charge in [-0.3, -0.25) is 0 Å². The zero-order valence-corrected chi connectivity index (χ0v) is 7.98. The van der Waals surface area contributed by atoms with E-state index in [2.05, 4.69) is 14.8 Å². The lowest BCUT2D eigenvalue weighted by molar-refractivity contribution is -0.00268. The minimum atomic E-state index is 0.248. The van der Waals surface area contributed by atoms with Gasteiger partial charge in [0.25, 0.3) is 0 Å². The van der Waals surface area contributed by atoms with E-state index in [0.717, 1.165) is 4.88 Å². The average molecular weight is 202 g/mol. The van der Waals surface area contributed by atoms with Crippen molar-refractivity contribution >= 4 is 35.3 Å². The van der Waals surface area contributed by atoms with E-state index in [1.807, 2.05) is 23.6 Å². The summed E-state index contributed by atoms with van der Waals surface area (Å²) in [4.78, 5) is 11.8. The summed E-state index contributed by atoms with van der Waals surface area (Å²) < 4.78 is 0. The zero-order valence-electron chi connectivity index (χ0n) is 7.16. The van der Waals surface area contributed by atoms with Crippen molar-refractivity contribution in [2.24, 2.45) is 9.98 Å². The van der Waals surface area contributed by atoms with Crippen molar-refractivity contribution in [2.75, 3.05) is 0 Å². The Bertz CT molecular complexity index is 461. The number of hydrogen-bond acceptors (Lipinski definition) is 2. The van der Waals surface area contributed by atoms with Crippen molar-refractivity contribution < 1.29 is 4.79 Å². The fraction of sp³-hybridized carbons (Fsp3) is 0. The molecule has 0 aliphatic carbocycles. The van der Waals surface area contributed by atoms with Gasteiger partial charge in [0.05, 0.1) is 0 Å². The molecule has 0 saturated heterocycles. The minimum absolute atomic E-state index is 0.248. The van der Waals surface area contributed by atoms with Crippen molar-refractivity contribution in [3.05, 3.63) is 34.0 Å². The summed E-state index contributed by atoms with van der Waals surface area (Å²) in [6.07, 6.45) is 5.04. The Morgan fingerprint density at radius 3 is 3.07 bits per heavy atom. The third-order valence-electron chi connectivity index (χ3n) is 1.65. The number of thiophene rings is 1. The van der Waals surface area contributed by atoms with Crippen molar-refractivity contribution in [2.45, 2.75) is 0 Å². The predicted octanol–water partition coefficient (Wildman–Crippen LogP) is 1.87. The first kappa shape index (κ1) is 8.74. The Morgan fingerprint density at radius 1 is 1.43 bits per heavy atom. The van der Waals surface area contributed by atoms with Crippen LogP contribution in [0.3, 0.4) is 0 Å². The molecule has 2 heterocycles. The summed E-state index contributed by atoms with van der Waals surface area (Å²) in [6, 6.07) is 3.96. The van der Waals surface area contributed by atoms with Gasteiger partial charge in [0.15, 0.2) is 5.71 Å². The molecule has 0 radical (unpaired) electrons. The molecule has 0 amide bonds. The largest absolute Gasteiger partial charge is 0.497 e. The molecule has 0 spiro atoms. The Labute approximate surface area is 84.6 Å². The third-order valence-corrected chi connectivity index (χ3v) is 2.49. The first-order valence-electron chi connectivity index (χ1n) is 3.94. The normalized spacial score (nSPS) is 14.9. The van der Waals surface area contributed by atoms with Crippen LogP contribution in [0.1, 0.15) is 4.88 Å². The second-order valence-electron chi connectivity index (χ2n) is 2.53. The van der Waals surface area contributed by atoms with Gasteiger partial charge in [-0.05, 0) is 28.6 Å². The fourth-order valence-corrected chi connectivity index (χ4v) is 1.63. The Morgan fingerprint density at radius 2 is 2.36 bits per heavy atom. The second kappa shape index (κ2) is 3.91. The standard InChI is InChI=1S/C9H6N4S/c10-13-9-8(11-6-12-9)4-3-7-2-1-5-14-7/h1-6H. The molecule has 0 N–H and O–H groups in total. The highest BCUT2D eigenvalue weighted by Gasteiger charge is 2.17. The Kier molecular flexibility index (Phi) is 2.44. The lowest BCUT2D eigenvalue weighted by Gasteiger charge is -1.83. The molecule has 0 unspecified atom stereocenters. The number of rotatable bonds is 2. The molecule has 1 aromatic heterocycles. The molecule has 0 fully saturated rings. The SMILES string of the molecule is [N-]=[N+]=C1N=CN=C1C=Cc1cccs1. The maximum Gasteiger partial charge on any atom is 0.428 e. The van der Waals surface area contributed by atoms with Gasteiger partial charge in [-0.1, -0.05) is 6.07 Å². The van der Waals surface area contributed by atoms with Gasteiger partial charge in [0, 0.05) is 4.88 Å². The molecule has 5 heteroatoms. The molecule has 1 aliphatic rings. The van der Waals surface area contributed by atoms with Crippen LogP contribution in [0.5, 0.6) is 0 Å². The van der Waals surface area contributed by atoms with Crippen LogP contribution in [0.15, 0.2) is 33.6 Å². The van der Waals surface area contributed by atoms with Crippen molar-refractivity contribution in [3.63, 3.8) is 0 Å². The van der Waals surface area contributed by atoms with Gasteiger partial charge < -0.3 is 10.3 Å². The van der Waals surface area contributed by atoms with Crippen molar-refractivity contribution in [3.8, 4) is 0 Å². The maximum atomic E-state index is 8.56. The number of nitrogens with zero attached hydrogens (tertiary/aromatic N) is 4. The molecule has 1 aliphatic heterocycles. The maximum absolute atomic E-state index is 8.56. The fourth-order valence-electron chi connectivity index (χ4n) is 1.01. The summed E-state index contributed by atoms with van der Waals surface area (Å²) in [5, 5.41) is 1.99. The zero-order chi connectivity index (χ0) is 9.80. The Balaban J connectivity index is 2.17. The summed E-state index contributed by atoms with van der Waals surface area (Å²) in [6.45, 7) is 0. The van der Waals surface area contributed by atoms with Crippen molar-refractivity contribution in [1.82, 2.24) is 0 Å². The van der Waals surface area contributed by atoms with Gasteiger partial charge in [-0.15, -0.1) is 11.3 Å². The van der Waals surface area contributed by atoms with Gasteiger partial charge in [-0.25, -0.2) is 4.99 Å². The summed E-state index contributed by atoms with van der Waals surface area (Å²) in [7, 11) is 0. The highest BCUT2D eigenvalue weighted by Crippen LogP contribution is 2.10. The van der Waals surface area contributed by atoms with Crippen LogP contribution in [0.4, 0.5) is 0 Å². The van der Waals surface area contributed by atoms with E-state index >= 15 is 0 Å². The molecular weight excluding hydrogens is 196 g/mol. The van der Waals surface area contributed by atoms with Crippen LogP contribution in [-0.2, 0) is 0 Å². The molecule has 68 valence electrons. The monoisotopic (exact) mass is 202 g/mol. The summed E-state index contributed by atoms with van der Waals surface area (Å²) >= 11 is 1.63.